The summed E-state index contributed by atoms with van der Waals surface area (Å²) in [5, 5.41) is 6.89. The molecule has 2 heterocycles. The molecule has 2 N–H and O–H groups in total. The first-order valence-electron chi connectivity index (χ1n) is 7.74. The van der Waals surface area contributed by atoms with Gasteiger partial charge in [0.1, 0.15) is 18.0 Å². The minimum atomic E-state index is 0.690. The van der Waals surface area contributed by atoms with Gasteiger partial charge < -0.3 is 15.4 Å². The number of aromatic nitrogens is 2. The van der Waals surface area contributed by atoms with Crippen molar-refractivity contribution in [3.63, 3.8) is 0 Å². The van der Waals surface area contributed by atoms with Gasteiger partial charge in [0.15, 0.2) is 0 Å². The zero-order chi connectivity index (χ0) is 14.2. The Balaban J connectivity index is 1.98. The lowest BCUT2D eigenvalue weighted by molar-refractivity contribution is 0.0699. The van der Waals surface area contributed by atoms with Crippen LogP contribution in [0.15, 0.2) is 6.33 Å². The zero-order valence-electron chi connectivity index (χ0n) is 12.6. The molecule has 0 bridgehead atoms. The summed E-state index contributed by atoms with van der Waals surface area (Å²) in [7, 11) is 0. The van der Waals surface area contributed by atoms with Crippen molar-refractivity contribution in [2.24, 2.45) is 5.92 Å². The number of rotatable bonds is 7. The average molecular weight is 278 g/mol. The smallest absolute Gasteiger partial charge is 0.134 e. The summed E-state index contributed by atoms with van der Waals surface area (Å²) in [4.78, 5) is 8.77. The highest BCUT2D eigenvalue weighted by molar-refractivity contribution is 5.57. The van der Waals surface area contributed by atoms with Crippen LogP contribution in [0.25, 0.3) is 0 Å². The van der Waals surface area contributed by atoms with E-state index in [2.05, 4.69) is 34.4 Å². The molecule has 0 unspecified atom stereocenters. The van der Waals surface area contributed by atoms with Crippen molar-refractivity contribution < 1.29 is 4.74 Å². The fraction of sp³-hybridized carbons (Fsp3) is 0.733. The molecule has 112 valence electrons. The van der Waals surface area contributed by atoms with Crippen LogP contribution in [0.1, 0.15) is 38.7 Å². The molecular weight excluding hydrogens is 252 g/mol. The lowest BCUT2D eigenvalue weighted by Gasteiger charge is -2.23. The van der Waals surface area contributed by atoms with Crippen molar-refractivity contribution >= 4 is 11.6 Å². The van der Waals surface area contributed by atoms with Crippen LogP contribution in [-0.2, 0) is 11.2 Å². The number of nitrogens with one attached hydrogen (secondary N) is 2. The van der Waals surface area contributed by atoms with Gasteiger partial charge in [-0.1, -0.05) is 13.8 Å². The molecule has 0 aliphatic carbocycles. The predicted molar refractivity (Wildman–Crippen MR) is 82.2 cm³/mol. The van der Waals surface area contributed by atoms with Gasteiger partial charge in [0.05, 0.1) is 0 Å². The molecule has 0 saturated carbocycles. The van der Waals surface area contributed by atoms with Gasteiger partial charge in [-0.2, -0.15) is 0 Å². The Kier molecular flexibility index (Phi) is 6.05. The fourth-order valence-electron chi connectivity index (χ4n) is 2.49. The van der Waals surface area contributed by atoms with Crippen molar-refractivity contribution in [1.29, 1.82) is 0 Å². The van der Waals surface area contributed by atoms with Gasteiger partial charge in [-0.15, -0.1) is 0 Å². The molecule has 0 aromatic carbocycles. The third-order valence-electron chi connectivity index (χ3n) is 3.74. The first-order valence-corrected chi connectivity index (χ1v) is 7.74. The van der Waals surface area contributed by atoms with Crippen molar-refractivity contribution in [3.8, 4) is 0 Å². The van der Waals surface area contributed by atoms with Crippen molar-refractivity contribution in [2.75, 3.05) is 36.9 Å². The number of nitrogens with zero attached hydrogens (tertiary/aromatic N) is 2. The van der Waals surface area contributed by atoms with Crippen LogP contribution in [0, 0.1) is 5.92 Å². The third kappa shape index (κ3) is 4.07. The first-order chi connectivity index (χ1) is 9.85. The monoisotopic (exact) mass is 278 g/mol. The van der Waals surface area contributed by atoms with E-state index in [0.29, 0.717) is 5.92 Å². The van der Waals surface area contributed by atoms with E-state index in [4.69, 9.17) is 4.74 Å². The Hall–Kier alpha value is -1.36. The molecule has 5 nitrogen and oxygen atoms in total. The molecule has 5 heteroatoms. The molecule has 1 fully saturated rings. The topological polar surface area (TPSA) is 59.1 Å². The Morgan fingerprint density at radius 1 is 1.15 bits per heavy atom. The maximum Gasteiger partial charge on any atom is 0.134 e. The first kappa shape index (κ1) is 15.0. The van der Waals surface area contributed by atoms with Crippen LogP contribution in [0.3, 0.4) is 0 Å². The van der Waals surface area contributed by atoms with E-state index >= 15 is 0 Å². The molecule has 20 heavy (non-hydrogen) atoms. The summed E-state index contributed by atoms with van der Waals surface area (Å²) in [6, 6.07) is 0. The van der Waals surface area contributed by atoms with Crippen LogP contribution >= 0.6 is 0 Å². The molecule has 1 saturated heterocycles. The summed E-state index contributed by atoms with van der Waals surface area (Å²) in [5.41, 5.74) is 1.19. The fourth-order valence-corrected chi connectivity index (χ4v) is 2.49. The normalized spacial score (nSPS) is 16.1. The van der Waals surface area contributed by atoms with E-state index in [0.717, 1.165) is 63.6 Å². The van der Waals surface area contributed by atoms with Crippen LogP contribution in [0.5, 0.6) is 0 Å². The number of ether oxygens (including phenoxy) is 1. The minimum Gasteiger partial charge on any atom is -0.381 e. The lowest BCUT2D eigenvalue weighted by atomic mass is 10.0. The van der Waals surface area contributed by atoms with Crippen molar-refractivity contribution in [1.82, 2.24) is 9.97 Å². The Morgan fingerprint density at radius 3 is 2.50 bits per heavy atom. The van der Waals surface area contributed by atoms with Crippen molar-refractivity contribution in [2.45, 2.75) is 39.5 Å². The quantitative estimate of drug-likeness (QED) is 0.803. The van der Waals surface area contributed by atoms with E-state index in [9.17, 15) is 0 Å². The largest absolute Gasteiger partial charge is 0.381 e. The van der Waals surface area contributed by atoms with E-state index < -0.39 is 0 Å². The molecule has 1 aromatic rings. The standard InChI is InChI=1S/C15H26N4O/c1-3-7-16-14-13(4-2)15(19-11-18-14)17-10-12-5-8-20-9-6-12/h11-12H,3-10H2,1-2H3,(H2,16,17,18,19). The summed E-state index contributed by atoms with van der Waals surface area (Å²) in [6.45, 7) is 8.00. The SMILES string of the molecule is CCCNc1ncnc(NCC2CCOCC2)c1CC. The summed E-state index contributed by atoms with van der Waals surface area (Å²) in [5.74, 6) is 2.64. The molecule has 2 rings (SSSR count). The second-order valence-electron chi connectivity index (χ2n) is 5.27. The van der Waals surface area contributed by atoms with Gasteiger partial charge in [-0.3, -0.25) is 0 Å². The summed E-state index contributed by atoms with van der Waals surface area (Å²) < 4.78 is 5.40. The van der Waals surface area contributed by atoms with E-state index in [1.807, 2.05) is 0 Å². The Morgan fingerprint density at radius 2 is 1.85 bits per heavy atom. The highest BCUT2D eigenvalue weighted by Crippen LogP contribution is 2.22. The maximum absolute atomic E-state index is 5.40. The second kappa shape index (κ2) is 8.04. The minimum absolute atomic E-state index is 0.690. The molecule has 0 spiro atoms. The van der Waals surface area contributed by atoms with E-state index in [1.165, 1.54) is 5.56 Å². The third-order valence-corrected chi connectivity index (χ3v) is 3.74. The van der Waals surface area contributed by atoms with E-state index in [-0.39, 0.29) is 0 Å². The second-order valence-corrected chi connectivity index (χ2v) is 5.27. The Bertz CT molecular complexity index is 405. The molecule has 0 radical (unpaired) electrons. The van der Waals surface area contributed by atoms with Gasteiger partial charge in [-0.25, -0.2) is 9.97 Å². The molecule has 1 aliphatic heterocycles. The van der Waals surface area contributed by atoms with Crippen LogP contribution < -0.4 is 10.6 Å². The molecule has 1 aliphatic rings. The van der Waals surface area contributed by atoms with Gasteiger partial charge in [0.2, 0.25) is 0 Å². The molecule has 0 amide bonds. The van der Waals surface area contributed by atoms with Crippen molar-refractivity contribution in [3.05, 3.63) is 11.9 Å². The number of hydrogen-bond donors (Lipinski definition) is 2. The summed E-state index contributed by atoms with van der Waals surface area (Å²) in [6.07, 6.45) is 5.95. The van der Waals surface area contributed by atoms with Gasteiger partial charge in [-0.05, 0) is 31.6 Å². The highest BCUT2D eigenvalue weighted by Gasteiger charge is 2.15. The highest BCUT2D eigenvalue weighted by atomic mass is 16.5. The molecular formula is C15H26N4O. The predicted octanol–water partition coefficient (Wildman–Crippen LogP) is 2.70. The molecule has 0 atom stereocenters. The zero-order valence-corrected chi connectivity index (χ0v) is 12.6. The van der Waals surface area contributed by atoms with E-state index in [1.54, 1.807) is 6.33 Å². The van der Waals surface area contributed by atoms with Crippen LogP contribution in [-0.4, -0.2) is 36.3 Å². The Labute approximate surface area is 121 Å². The molecule has 1 aromatic heterocycles. The van der Waals surface area contributed by atoms with Crippen LogP contribution in [0.2, 0.25) is 0 Å². The van der Waals surface area contributed by atoms with Gasteiger partial charge in [0.25, 0.3) is 0 Å². The number of anilines is 2. The van der Waals surface area contributed by atoms with Gasteiger partial charge in [0, 0.05) is 31.9 Å². The number of hydrogen-bond acceptors (Lipinski definition) is 5. The van der Waals surface area contributed by atoms with Gasteiger partial charge >= 0.3 is 0 Å². The summed E-state index contributed by atoms with van der Waals surface area (Å²) >= 11 is 0. The average Bonchev–Trinajstić information content (AvgIpc) is 2.51. The lowest BCUT2D eigenvalue weighted by Crippen LogP contribution is -2.23. The van der Waals surface area contributed by atoms with Crippen LogP contribution in [0.4, 0.5) is 11.6 Å². The maximum atomic E-state index is 5.40.